The molecule has 5 aromatic carbocycles. The van der Waals surface area contributed by atoms with Gasteiger partial charge in [0.05, 0.1) is 19.6 Å². The molecule has 0 unspecified atom stereocenters. The Labute approximate surface area is 496 Å². The number of anilines is 1. The summed E-state index contributed by atoms with van der Waals surface area (Å²) >= 11 is 0. The molecule has 0 amide bonds. The number of methoxy groups -OCH3 is 1. The Morgan fingerprint density at radius 1 is 0.917 bits per heavy atom. The fourth-order valence-electron chi connectivity index (χ4n) is 12.9. The topological polar surface area (TPSA) is 209 Å². The van der Waals surface area contributed by atoms with Crippen molar-refractivity contribution in [3.8, 4) is 29.3 Å². The standard InChI is InChI=1S/C70H87N5O9/c1-6-27-74-42-51-37-58(49-17-10-14-46(32-49)25-30-82-29-12-28-73-7-2)56-26-31-83-54(35-50-38-63(77)59(51)36-48(50)16-9-8-13-45-15-11-18-52(33-45)75-70(71)72-4)39-53(76)22-20-47-21-24-65(81-5)66(34-47)84-43-62-55-23-19-44(3)57-41-64(78)68(56)61(67(55)57)40-60(62)69(79)80/h10-11,14-15,17-19,21,23-24,32-34,36,38,40-41,44,48,50-51,54,56,58,69,73-74,77-80H,6-9,12-13,16,20,22,25,27-30,35,37,39,42-43H2,1-5H3,(H3,71,72,75)/t44-,48-,50+,51+,54+,56+,58+/m1/s1. The van der Waals surface area contributed by atoms with E-state index in [1.165, 1.54) is 5.56 Å². The zero-order chi connectivity index (χ0) is 59.1. The zero-order valence-corrected chi connectivity index (χ0v) is 49.7. The fourth-order valence-corrected chi connectivity index (χ4v) is 12.9. The molecular formula is C70H87N5O9. The molecule has 14 nitrogen and oxygen atoms in total. The summed E-state index contributed by atoms with van der Waals surface area (Å²) in [5.74, 6) is 3.50. The van der Waals surface area contributed by atoms with Crippen molar-refractivity contribution < 1.29 is 44.2 Å². The van der Waals surface area contributed by atoms with Gasteiger partial charge in [0.15, 0.2) is 23.7 Å². The summed E-state index contributed by atoms with van der Waals surface area (Å²) in [6.45, 7) is 10.6. The predicted octanol–water partition coefficient (Wildman–Crippen LogP) is 11.7. The second kappa shape index (κ2) is 29.6. The number of aliphatic hydroxyl groups excluding tert-OH is 2. The van der Waals surface area contributed by atoms with E-state index >= 15 is 0 Å². The minimum Gasteiger partial charge on any atom is -0.508 e. The number of fused-ring (bicyclic) bond motifs is 8. The summed E-state index contributed by atoms with van der Waals surface area (Å²) in [6, 6.07) is 26.1. The Kier molecular flexibility index (Phi) is 21.7. The van der Waals surface area contributed by atoms with Gasteiger partial charge in [0, 0.05) is 73.2 Å². The summed E-state index contributed by atoms with van der Waals surface area (Å²) < 4.78 is 25.4. The van der Waals surface area contributed by atoms with Crippen LogP contribution in [-0.2, 0) is 40.1 Å². The molecule has 0 radical (unpaired) electrons. The molecule has 5 aromatic rings. The third-order valence-corrected chi connectivity index (χ3v) is 17.3. The number of aryl methyl sites for hydroxylation is 2. The quantitative estimate of drug-likeness (QED) is 0.0113. The van der Waals surface area contributed by atoms with Crippen LogP contribution < -0.4 is 31.2 Å². The lowest BCUT2D eigenvalue weighted by Crippen LogP contribution is -2.31. The number of carbonyl (C=O) groups is 1. The van der Waals surface area contributed by atoms with E-state index in [0.717, 1.165) is 103 Å². The van der Waals surface area contributed by atoms with E-state index in [2.05, 4.69) is 102 Å². The summed E-state index contributed by atoms with van der Waals surface area (Å²) in [5.41, 5.74) is 14.9. The Bertz CT molecular complexity index is 3280. The number of aliphatic hydroxyl groups is 3. The average Bonchev–Trinajstić information content (AvgIpc) is 1.85. The number of ketones is 1. The molecule has 10 bridgehead atoms. The number of phenolic OH excluding ortho intramolecular Hbond substituents is 1. The number of Topliss-reactive ketones (excluding diaryl/α,β-unsaturated/α-hetero) is 1. The van der Waals surface area contributed by atoms with Crippen LogP contribution in [0.1, 0.15) is 153 Å². The van der Waals surface area contributed by atoms with Gasteiger partial charge in [-0.05, 0) is 181 Å². The van der Waals surface area contributed by atoms with Crippen LogP contribution in [0.2, 0.25) is 0 Å². The largest absolute Gasteiger partial charge is 0.508 e. The maximum Gasteiger partial charge on any atom is 0.192 e. The van der Waals surface area contributed by atoms with E-state index in [4.69, 9.17) is 24.7 Å². The summed E-state index contributed by atoms with van der Waals surface area (Å²) in [6.07, 6.45) is 16.8. The molecule has 2 aliphatic carbocycles. The van der Waals surface area contributed by atoms with Gasteiger partial charge >= 0.3 is 0 Å². The number of phenols is 1. The van der Waals surface area contributed by atoms with Gasteiger partial charge in [-0.3, -0.25) is 9.79 Å². The summed E-state index contributed by atoms with van der Waals surface area (Å²) in [4.78, 5) is 18.5. The van der Waals surface area contributed by atoms with Gasteiger partial charge in [-0.15, -0.1) is 0 Å². The first-order valence-corrected chi connectivity index (χ1v) is 30.5. The number of aromatic hydroxyl groups is 1. The van der Waals surface area contributed by atoms with Gasteiger partial charge < -0.3 is 61.1 Å². The third-order valence-electron chi connectivity index (χ3n) is 17.3. The number of unbranched alkanes of at least 4 members (excludes halogenated alkanes) is 1. The van der Waals surface area contributed by atoms with Crippen LogP contribution in [-0.4, -0.2) is 91.8 Å². The van der Waals surface area contributed by atoms with Crippen LogP contribution in [0.25, 0.3) is 16.8 Å². The number of ether oxygens (including phenoxy) is 4. The molecule has 84 heavy (non-hydrogen) atoms. The molecule has 4 aliphatic heterocycles. The number of nitrogens with two attached hydrogens (primary N) is 1. The van der Waals surface area contributed by atoms with Gasteiger partial charge in [-0.1, -0.05) is 93.8 Å². The van der Waals surface area contributed by atoms with Crippen molar-refractivity contribution in [2.45, 2.75) is 135 Å². The maximum atomic E-state index is 14.5. The van der Waals surface area contributed by atoms with Crippen LogP contribution in [0.5, 0.6) is 17.2 Å². The number of carbonyl (C=O) groups excluding carboxylic acids is 1. The third kappa shape index (κ3) is 15.2. The molecule has 0 saturated heterocycles. The van der Waals surface area contributed by atoms with Crippen LogP contribution >= 0.6 is 0 Å². The highest BCUT2D eigenvalue weighted by Crippen LogP contribution is 2.51. The minimum absolute atomic E-state index is 0.00344. The Balaban J connectivity index is 1.21. The maximum absolute atomic E-state index is 14.5. The van der Waals surface area contributed by atoms with E-state index in [1.54, 1.807) is 20.2 Å². The van der Waals surface area contributed by atoms with Crippen molar-refractivity contribution in [1.29, 1.82) is 0 Å². The number of nitrogens with one attached hydrogen (secondary N) is 3. The molecule has 0 saturated carbocycles. The molecule has 0 aromatic heterocycles. The molecule has 6 aliphatic rings. The molecule has 14 heteroatoms. The van der Waals surface area contributed by atoms with Crippen molar-refractivity contribution in [3.63, 3.8) is 0 Å². The van der Waals surface area contributed by atoms with E-state index in [0.29, 0.717) is 79.4 Å². The SMILES string of the molecule is CCCNC[C@@H]1C[C@@H](c2cccc(CCOCCCNCC)c2)[C@@H]2C#CO[C@H](CC(=O)CCc3ccc(OC)c(c3)OCc3c(C(O)O)cc4c2c(O)cc2c4c3C=C[C@H]2C)C[C@H]2C=C(O)C1=C[C@H]2CCCCc1cccc(NC(N)=NC)c1. The predicted molar refractivity (Wildman–Crippen MR) is 335 cm³/mol. The van der Waals surface area contributed by atoms with E-state index in [1.807, 2.05) is 48.6 Å². The number of nitrogens with zero attached hydrogens (tertiary/aromatic N) is 1. The molecule has 4 heterocycles. The lowest BCUT2D eigenvalue weighted by atomic mass is 9.70. The van der Waals surface area contributed by atoms with Gasteiger partial charge in [0.1, 0.15) is 36.1 Å². The number of hydrogen-bond acceptors (Lipinski definition) is 12. The van der Waals surface area contributed by atoms with Crippen molar-refractivity contribution in [3.05, 3.63) is 158 Å². The van der Waals surface area contributed by atoms with E-state index in [9.17, 15) is 25.2 Å². The first kappa shape index (κ1) is 61.4. The fraction of sp³-hybridized carbons (Fsp3) is 0.457. The molecule has 0 spiro atoms. The summed E-state index contributed by atoms with van der Waals surface area (Å²) in [5, 5.41) is 60.2. The van der Waals surface area contributed by atoms with Crippen molar-refractivity contribution in [2.24, 2.45) is 28.5 Å². The lowest BCUT2D eigenvalue weighted by Gasteiger charge is -2.35. The minimum atomic E-state index is -1.91. The zero-order valence-electron chi connectivity index (χ0n) is 49.7. The van der Waals surface area contributed by atoms with Crippen LogP contribution in [0.15, 0.2) is 113 Å². The average molecular weight is 1140 g/mol. The monoisotopic (exact) mass is 1140 g/mol. The van der Waals surface area contributed by atoms with Crippen LogP contribution in [0.3, 0.4) is 0 Å². The molecular weight excluding hydrogens is 1050 g/mol. The highest BCUT2D eigenvalue weighted by Gasteiger charge is 2.38. The van der Waals surface area contributed by atoms with Gasteiger partial charge in [-0.25, -0.2) is 0 Å². The molecule has 11 rings (SSSR count). The smallest absolute Gasteiger partial charge is 0.192 e. The Morgan fingerprint density at radius 2 is 1.75 bits per heavy atom. The molecule has 0 fully saturated rings. The van der Waals surface area contributed by atoms with E-state index in [-0.39, 0.29) is 66.0 Å². The van der Waals surface area contributed by atoms with Crippen LogP contribution in [0, 0.1) is 29.8 Å². The van der Waals surface area contributed by atoms with E-state index < -0.39 is 24.2 Å². The highest BCUT2D eigenvalue weighted by atomic mass is 16.5. The number of rotatable bonds is 21. The number of allylic oxidation sites excluding steroid dienone is 4. The van der Waals surface area contributed by atoms with Crippen molar-refractivity contribution in [1.82, 2.24) is 10.6 Å². The van der Waals surface area contributed by atoms with Crippen molar-refractivity contribution in [2.75, 3.05) is 58.9 Å². The van der Waals surface area contributed by atoms with Gasteiger partial charge in [-0.2, -0.15) is 0 Å². The molecule has 7 atom stereocenters. The number of benzene rings is 5. The number of hydrogen-bond donors (Lipinski definition) is 8. The first-order valence-electron chi connectivity index (χ1n) is 30.5. The van der Waals surface area contributed by atoms with Crippen molar-refractivity contribution >= 4 is 34.3 Å². The number of aliphatic imine (C=N–C) groups is 1. The molecule has 9 N–H and O–H groups in total. The second-order valence-electron chi connectivity index (χ2n) is 23.2. The van der Waals surface area contributed by atoms with Crippen LogP contribution in [0.4, 0.5) is 5.69 Å². The highest BCUT2D eigenvalue weighted by molar-refractivity contribution is 6.01. The lowest BCUT2D eigenvalue weighted by molar-refractivity contribution is -0.121. The second-order valence-corrected chi connectivity index (χ2v) is 23.2. The normalized spacial score (nSPS) is 21.5. The Hall–Kier alpha value is -7.12. The first-order chi connectivity index (χ1) is 40.8. The molecule has 446 valence electrons. The Morgan fingerprint density at radius 3 is 2.55 bits per heavy atom. The van der Waals surface area contributed by atoms with Gasteiger partial charge in [0.25, 0.3) is 0 Å². The summed E-state index contributed by atoms with van der Waals surface area (Å²) in [7, 11) is 3.24. The number of guanidine groups is 1. The van der Waals surface area contributed by atoms with Gasteiger partial charge in [0.2, 0.25) is 0 Å².